The Morgan fingerprint density at radius 1 is 1.03 bits per heavy atom. The number of amides is 2. The van der Waals surface area contributed by atoms with Gasteiger partial charge in [-0.05, 0) is 25.2 Å². The molecule has 1 aliphatic carbocycles. The first-order valence-electron chi connectivity index (χ1n) is 10.9. The molecule has 170 valence electrons. The highest BCUT2D eigenvalue weighted by Gasteiger charge is 2.35. The summed E-state index contributed by atoms with van der Waals surface area (Å²) in [5.74, 6) is -1.08. The number of carbonyl (C=O) groups is 4. The summed E-state index contributed by atoms with van der Waals surface area (Å²) in [6.07, 6.45) is 6.37. The molecule has 0 aromatic carbocycles. The number of hydrogen-bond donors (Lipinski definition) is 0. The number of aromatic nitrogens is 3. The van der Waals surface area contributed by atoms with Gasteiger partial charge in [0.15, 0.2) is 0 Å². The maximum Gasteiger partial charge on any atom is 0.303 e. The van der Waals surface area contributed by atoms with Crippen molar-refractivity contribution in [3.05, 3.63) is 11.4 Å². The summed E-state index contributed by atoms with van der Waals surface area (Å²) in [7, 11) is 0. The molecule has 1 saturated heterocycles. The van der Waals surface area contributed by atoms with Gasteiger partial charge in [-0.2, -0.15) is 0 Å². The van der Waals surface area contributed by atoms with Gasteiger partial charge < -0.3 is 9.47 Å². The number of likely N-dealkylation sites (tertiary alicyclic amines) is 1. The lowest BCUT2D eigenvalue weighted by Gasteiger charge is -2.31. The predicted molar refractivity (Wildman–Crippen MR) is 107 cm³/mol. The molecular weight excluding hydrogens is 404 g/mol. The van der Waals surface area contributed by atoms with Crippen molar-refractivity contribution in [2.45, 2.75) is 84.5 Å². The van der Waals surface area contributed by atoms with Gasteiger partial charge in [0.05, 0.1) is 12.5 Å². The first-order valence-corrected chi connectivity index (χ1v) is 10.9. The molecule has 1 aromatic heterocycles. The zero-order valence-corrected chi connectivity index (χ0v) is 18.2. The van der Waals surface area contributed by atoms with Crippen LogP contribution in [0.15, 0.2) is 0 Å². The molecule has 1 aromatic rings. The van der Waals surface area contributed by atoms with E-state index >= 15 is 0 Å². The van der Waals surface area contributed by atoms with Crippen LogP contribution in [0.25, 0.3) is 0 Å². The molecule has 2 aliphatic rings. The van der Waals surface area contributed by atoms with Gasteiger partial charge in [0.2, 0.25) is 11.8 Å². The minimum atomic E-state index is -0.459. The van der Waals surface area contributed by atoms with Gasteiger partial charge in [0.1, 0.15) is 24.6 Å². The minimum absolute atomic E-state index is 0.0843. The maximum atomic E-state index is 13.0. The van der Waals surface area contributed by atoms with E-state index in [1.54, 1.807) is 4.68 Å². The third-order valence-corrected chi connectivity index (χ3v) is 5.96. The van der Waals surface area contributed by atoms with Gasteiger partial charge in [-0.25, -0.2) is 4.68 Å². The fourth-order valence-electron chi connectivity index (χ4n) is 4.39. The van der Waals surface area contributed by atoms with Crippen molar-refractivity contribution in [1.82, 2.24) is 19.9 Å². The van der Waals surface area contributed by atoms with E-state index in [9.17, 15) is 19.2 Å². The molecule has 0 spiro atoms. The highest BCUT2D eigenvalue weighted by Crippen LogP contribution is 2.36. The maximum absolute atomic E-state index is 13.0. The summed E-state index contributed by atoms with van der Waals surface area (Å²) < 4.78 is 11.9. The monoisotopic (exact) mass is 434 g/mol. The van der Waals surface area contributed by atoms with Crippen LogP contribution in [0.1, 0.15) is 82.6 Å². The van der Waals surface area contributed by atoms with Crippen molar-refractivity contribution < 1.29 is 28.7 Å². The molecule has 0 N–H and O–H groups in total. The van der Waals surface area contributed by atoms with Crippen LogP contribution in [0, 0.1) is 5.92 Å². The van der Waals surface area contributed by atoms with Gasteiger partial charge in [-0.15, -0.1) is 5.10 Å². The fraction of sp³-hybridized carbons (Fsp3) is 0.714. The lowest BCUT2D eigenvalue weighted by atomic mass is 9.82. The van der Waals surface area contributed by atoms with Crippen molar-refractivity contribution in [2.75, 3.05) is 6.54 Å². The molecule has 0 bridgehead atoms. The average molecular weight is 434 g/mol. The van der Waals surface area contributed by atoms with Crippen LogP contribution in [0.5, 0.6) is 0 Å². The van der Waals surface area contributed by atoms with Crippen LogP contribution in [-0.2, 0) is 41.9 Å². The second kappa shape index (κ2) is 10.5. The van der Waals surface area contributed by atoms with Crippen molar-refractivity contribution in [3.8, 4) is 0 Å². The number of imide groups is 1. The number of nitrogens with zero attached hydrogens (tertiary/aromatic N) is 4. The Labute approximate surface area is 181 Å². The van der Waals surface area contributed by atoms with E-state index in [1.165, 1.54) is 18.7 Å². The van der Waals surface area contributed by atoms with E-state index in [1.807, 2.05) is 0 Å². The summed E-state index contributed by atoms with van der Waals surface area (Å²) in [4.78, 5) is 49.1. The molecule has 2 heterocycles. The van der Waals surface area contributed by atoms with Crippen molar-refractivity contribution in [2.24, 2.45) is 5.92 Å². The van der Waals surface area contributed by atoms with Crippen LogP contribution in [-0.4, -0.2) is 50.2 Å². The second-order valence-corrected chi connectivity index (χ2v) is 8.20. The molecule has 2 amide bonds. The van der Waals surface area contributed by atoms with Gasteiger partial charge >= 0.3 is 11.9 Å². The quantitative estimate of drug-likeness (QED) is 0.570. The third kappa shape index (κ3) is 5.89. The smallest absolute Gasteiger partial charge is 0.303 e. The van der Waals surface area contributed by atoms with Crippen molar-refractivity contribution >= 4 is 23.8 Å². The number of esters is 2. The first-order chi connectivity index (χ1) is 14.9. The van der Waals surface area contributed by atoms with Gasteiger partial charge in [0.25, 0.3) is 0 Å². The summed E-state index contributed by atoms with van der Waals surface area (Å²) >= 11 is 0. The van der Waals surface area contributed by atoms with Crippen molar-refractivity contribution in [1.29, 1.82) is 0 Å². The molecule has 1 atom stereocenters. The third-order valence-electron chi connectivity index (χ3n) is 5.96. The molecule has 10 nitrogen and oxygen atoms in total. The van der Waals surface area contributed by atoms with Gasteiger partial charge in [-0.3, -0.25) is 24.1 Å². The number of rotatable bonds is 8. The highest BCUT2D eigenvalue weighted by atomic mass is 16.5. The standard InChI is InChI=1S/C21H30N4O6/c1-14(26)30-12-17-19(13-31-15(2)27)25(23-22-17)18(16-7-4-3-5-8-16)11-21(29)24-10-6-9-20(24)28/h16,18H,3-13H2,1-2H3/t18-/m1/s1. The zero-order valence-electron chi connectivity index (χ0n) is 18.2. The van der Waals surface area contributed by atoms with Gasteiger partial charge in [0, 0.05) is 26.8 Å². The Balaban J connectivity index is 1.90. The van der Waals surface area contributed by atoms with E-state index in [4.69, 9.17) is 9.47 Å². The molecule has 10 heteroatoms. The van der Waals surface area contributed by atoms with Crippen LogP contribution in [0.4, 0.5) is 0 Å². The van der Waals surface area contributed by atoms with E-state index in [0.29, 0.717) is 30.8 Å². The lowest BCUT2D eigenvalue weighted by Crippen LogP contribution is -2.36. The lowest BCUT2D eigenvalue weighted by molar-refractivity contribution is -0.144. The fourth-order valence-corrected chi connectivity index (χ4v) is 4.39. The predicted octanol–water partition coefficient (Wildman–Crippen LogP) is 2.06. The molecule has 2 fully saturated rings. The normalized spacial score (nSPS) is 18.1. The van der Waals surface area contributed by atoms with Crippen LogP contribution >= 0.6 is 0 Å². The molecular formula is C21H30N4O6. The molecule has 1 aliphatic heterocycles. The second-order valence-electron chi connectivity index (χ2n) is 8.20. The summed E-state index contributed by atoms with van der Waals surface area (Å²) in [6, 6.07) is -0.315. The van der Waals surface area contributed by atoms with E-state index in [2.05, 4.69) is 10.3 Å². The molecule has 0 radical (unpaired) electrons. The molecule has 3 rings (SSSR count). The van der Waals surface area contributed by atoms with E-state index in [-0.39, 0.29) is 43.4 Å². The summed E-state index contributed by atoms with van der Waals surface area (Å²) in [6.45, 7) is 2.87. The zero-order chi connectivity index (χ0) is 22.4. The molecule has 31 heavy (non-hydrogen) atoms. The SMILES string of the molecule is CC(=O)OCc1nnn([C@H](CC(=O)N2CCCC2=O)C2CCCCC2)c1COC(C)=O. The molecule has 1 saturated carbocycles. The Hall–Kier alpha value is -2.78. The summed E-state index contributed by atoms with van der Waals surface area (Å²) in [5, 5.41) is 8.43. The Bertz CT molecular complexity index is 830. The molecule has 0 unspecified atom stereocenters. The Kier molecular flexibility index (Phi) is 7.75. The summed E-state index contributed by atoms with van der Waals surface area (Å²) in [5.41, 5.74) is 0.898. The largest absolute Gasteiger partial charge is 0.459 e. The van der Waals surface area contributed by atoms with Crippen LogP contribution in [0.3, 0.4) is 0 Å². The van der Waals surface area contributed by atoms with E-state index in [0.717, 1.165) is 32.1 Å². The number of ether oxygens (including phenoxy) is 2. The Morgan fingerprint density at radius 2 is 1.71 bits per heavy atom. The minimum Gasteiger partial charge on any atom is -0.459 e. The van der Waals surface area contributed by atoms with E-state index < -0.39 is 11.9 Å². The number of carbonyl (C=O) groups excluding carboxylic acids is 4. The van der Waals surface area contributed by atoms with Crippen molar-refractivity contribution in [3.63, 3.8) is 0 Å². The topological polar surface area (TPSA) is 121 Å². The van der Waals surface area contributed by atoms with Crippen LogP contribution < -0.4 is 0 Å². The first kappa shape index (κ1) is 22.9. The average Bonchev–Trinajstić information content (AvgIpc) is 3.35. The number of hydrogen-bond acceptors (Lipinski definition) is 8. The van der Waals surface area contributed by atoms with Gasteiger partial charge in [-0.1, -0.05) is 24.5 Å². The van der Waals surface area contributed by atoms with Crippen LogP contribution in [0.2, 0.25) is 0 Å². The Morgan fingerprint density at radius 3 is 2.32 bits per heavy atom. The highest BCUT2D eigenvalue weighted by molar-refractivity contribution is 5.96.